The number of unbranched alkanes of at least 4 members (excludes halogenated alkanes) is 2. The Morgan fingerprint density at radius 2 is 1.81 bits per heavy atom. The van der Waals surface area contributed by atoms with E-state index in [-0.39, 0.29) is 17.4 Å². The van der Waals surface area contributed by atoms with Gasteiger partial charge in [-0.2, -0.15) is 0 Å². The van der Waals surface area contributed by atoms with Crippen molar-refractivity contribution >= 4 is 17.0 Å². The Kier molecular flexibility index (Phi) is 7.13. The van der Waals surface area contributed by atoms with Crippen LogP contribution in [0.3, 0.4) is 0 Å². The molecule has 0 radical (unpaired) electrons. The van der Waals surface area contributed by atoms with Gasteiger partial charge in [0.25, 0.3) is 5.56 Å². The minimum absolute atomic E-state index is 0.0253. The van der Waals surface area contributed by atoms with Crippen LogP contribution in [0.4, 0.5) is 0 Å². The summed E-state index contributed by atoms with van der Waals surface area (Å²) in [6.07, 6.45) is 8.08. The normalized spacial score (nSPS) is 24.3. The maximum absolute atomic E-state index is 13.4. The van der Waals surface area contributed by atoms with E-state index in [2.05, 4.69) is 18.7 Å². The molecule has 3 N–H and O–H groups in total. The molecule has 0 bridgehead atoms. The summed E-state index contributed by atoms with van der Waals surface area (Å²) in [6, 6.07) is 9.33. The summed E-state index contributed by atoms with van der Waals surface area (Å²) < 4.78 is 1.93. The topological polar surface area (TPSA) is 91.2 Å². The minimum Gasteiger partial charge on any atom is -0.370 e. The molecule has 3 unspecified atom stereocenters. The summed E-state index contributed by atoms with van der Waals surface area (Å²) in [7, 11) is 0. The lowest BCUT2D eigenvalue weighted by molar-refractivity contribution is 0.101. The third-order valence-electron chi connectivity index (χ3n) is 7.47. The number of likely N-dealkylation sites (tertiary alicyclic amines) is 2. The van der Waals surface area contributed by atoms with Gasteiger partial charge in [0, 0.05) is 37.6 Å². The fraction of sp³-hybridized carbons (Fsp3) is 0.640. The standard InChI is InChI=1S/C25H38N6O/c1-18-9-8-10-19(2)30(18)14-6-3-7-15-31-22-12-5-4-11-21(22)28-23(24(31)32)20-13-16-29(17-20)25(26)27/h4-5,11-12,18-20H,3,6-10,13-17H2,1-2H3,(H3,26,27). The van der Waals surface area contributed by atoms with E-state index in [1.807, 2.05) is 33.7 Å². The lowest BCUT2D eigenvalue weighted by Gasteiger charge is -2.39. The van der Waals surface area contributed by atoms with Crippen molar-refractivity contribution in [3.8, 4) is 0 Å². The Hall–Kier alpha value is -2.41. The number of guanidine groups is 1. The van der Waals surface area contributed by atoms with Crippen LogP contribution in [-0.2, 0) is 6.54 Å². The highest BCUT2D eigenvalue weighted by molar-refractivity contribution is 5.76. The third kappa shape index (κ3) is 4.82. The summed E-state index contributed by atoms with van der Waals surface area (Å²) in [4.78, 5) is 22.7. The molecule has 0 aliphatic carbocycles. The first-order valence-electron chi connectivity index (χ1n) is 12.3. The Labute approximate surface area is 191 Å². The van der Waals surface area contributed by atoms with E-state index >= 15 is 0 Å². The average Bonchev–Trinajstić information content (AvgIpc) is 3.27. The van der Waals surface area contributed by atoms with E-state index in [1.54, 1.807) is 0 Å². The highest BCUT2D eigenvalue weighted by atomic mass is 16.1. The first-order valence-corrected chi connectivity index (χ1v) is 12.3. The number of nitrogens with zero attached hydrogens (tertiary/aromatic N) is 4. The van der Waals surface area contributed by atoms with Crippen LogP contribution in [0.1, 0.15) is 70.4 Å². The van der Waals surface area contributed by atoms with Crippen molar-refractivity contribution in [3.63, 3.8) is 0 Å². The highest BCUT2D eigenvalue weighted by Gasteiger charge is 2.29. The number of aryl methyl sites for hydroxylation is 1. The Morgan fingerprint density at radius 1 is 1.09 bits per heavy atom. The zero-order valence-electron chi connectivity index (χ0n) is 19.6. The molecule has 2 fully saturated rings. The van der Waals surface area contributed by atoms with Crippen molar-refractivity contribution in [1.29, 1.82) is 5.41 Å². The summed E-state index contributed by atoms with van der Waals surface area (Å²) in [5, 5.41) is 7.70. The molecular weight excluding hydrogens is 400 g/mol. The number of rotatable bonds is 7. The average molecular weight is 439 g/mol. The predicted octanol–water partition coefficient (Wildman–Crippen LogP) is 3.51. The molecule has 3 heterocycles. The van der Waals surface area contributed by atoms with Gasteiger partial charge in [-0.1, -0.05) is 25.0 Å². The molecule has 7 nitrogen and oxygen atoms in total. The molecule has 1 aromatic heterocycles. The minimum atomic E-state index is 0.0253. The second-order valence-corrected chi connectivity index (χ2v) is 9.69. The molecule has 174 valence electrons. The second-order valence-electron chi connectivity index (χ2n) is 9.69. The van der Waals surface area contributed by atoms with Gasteiger partial charge in [0.05, 0.1) is 11.0 Å². The number of hydrogen-bond acceptors (Lipinski definition) is 4. The monoisotopic (exact) mass is 438 g/mol. The number of aromatic nitrogens is 2. The zero-order valence-corrected chi connectivity index (χ0v) is 19.6. The molecule has 1 aromatic carbocycles. The molecule has 2 aliphatic rings. The second kappa shape index (κ2) is 10.0. The maximum atomic E-state index is 13.4. The smallest absolute Gasteiger partial charge is 0.273 e. The summed E-state index contributed by atoms with van der Waals surface area (Å²) in [5.74, 6) is 0.107. The molecule has 0 amide bonds. The van der Waals surface area contributed by atoms with Crippen LogP contribution in [-0.4, -0.2) is 57.0 Å². The molecular formula is C25H38N6O. The van der Waals surface area contributed by atoms with Crippen molar-refractivity contribution in [2.24, 2.45) is 5.73 Å². The Bertz CT molecular complexity index is 992. The Balaban J connectivity index is 1.44. The highest BCUT2D eigenvalue weighted by Crippen LogP contribution is 2.25. The van der Waals surface area contributed by atoms with Crippen LogP contribution < -0.4 is 11.3 Å². The largest absolute Gasteiger partial charge is 0.370 e. The van der Waals surface area contributed by atoms with Crippen LogP contribution >= 0.6 is 0 Å². The van der Waals surface area contributed by atoms with Crippen LogP contribution in [0, 0.1) is 5.41 Å². The van der Waals surface area contributed by atoms with Crippen molar-refractivity contribution in [3.05, 3.63) is 40.3 Å². The van der Waals surface area contributed by atoms with E-state index in [4.69, 9.17) is 16.1 Å². The van der Waals surface area contributed by atoms with E-state index in [9.17, 15) is 4.79 Å². The first-order chi connectivity index (χ1) is 15.5. The van der Waals surface area contributed by atoms with Gasteiger partial charge in [0.15, 0.2) is 5.96 Å². The van der Waals surface area contributed by atoms with E-state index in [1.165, 1.54) is 25.7 Å². The Morgan fingerprint density at radius 3 is 2.53 bits per heavy atom. The predicted molar refractivity (Wildman–Crippen MR) is 130 cm³/mol. The van der Waals surface area contributed by atoms with Crippen molar-refractivity contribution in [2.45, 2.75) is 83.3 Å². The van der Waals surface area contributed by atoms with Gasteiger partial charge in [-0.05, 0) is 64.6 Å². The summed E-state index contributed by atoms with van der Waals surface area (Å²) in [5.41, 5.74) is 8.11. The molecule has 3 atom stereocenters. The van der Waals surface area contributed by atoms with Crippen molar-refractivity contribution < 1.29 is 0 Å². The number of hydrogen-bond donors (Lipinski definition) is 2. The number of fused-ring (bicyclic) bond motifs is 1. The number of piperidine rings is 1. The fourth-order valence-corrected chi connectivity index (χ4v) is 5.56. The van der Waals surface area contributed by atoms with Gasteiger partial charge >= 0.3 is 0 Å². The maximum Gasteiger partial charge on any atom is 0.273 e. The van der Waals surface area contributed by atoms with Gasteiger partial charge in [0.1, 0.15) is 5.69 Å². The lowest BCUT2D eigenvalue weighted by atomic mass is 9.97. The molecule has 2 saturated heterocycles. The number of nitrogens with one attached hydrogen (secondary N) is 1. The summed E-state index contributed by atoms with van der Waals surface area (Å²) >= 11 is 0. The zero-order chi connectivity index (χ0) is 22.7. The fourth-order valence-electron chi connectivity index (χ4n) is 5.56. The lowest BCUT2D eigenvalue weighted by Crippen LogP contribution is -2.44. The molecule has 4 rings (SSSR count). The van der Waals surface area contributed by atoms with Gasteiger partial charge < -0.3 is 15.2 Å². The molecule has 0 spiro atoms. The summed E-state index contributed by atoms with van der Waals surface area (Å²) in [6.45, 7) is 7.90. The van der Waals surface area contributed by atoms with Gasteiger partial charge in [-0.15, -0.1) is 0 Å². The van der Waals surface area contributed by atoms with Gasteiger partial charge in [0.2, 0.25) is 0 Å². The van der Waals surface area contributed by atoms with Crippen LogP contribution in [0.25, 0.3) is 11.0 Å². The molecule has 2 aliphatic heterocycles. The number of benzene rings is 1. The third-order valence-corrected chi connectivity index (χ3v) is 7.47. The molecule has 0 saturated carbocycles. The van der Waals surface area contributed by atoms with E-state index in [0.717, 1.165) is 43.4 Å². The van der Waals surface area contributed by atoms with Gasteiger partial charge in [-0.25, -0.2) is 4.98 Å². The number of nitrogens with two attached hydrogens (primary N) is 1. The molecule has 32 heavy (non-hydrogen) atoms. The SMILES string of the molecule is CC1CCCC(C)N1CCCCCn1c(=O)c(C2CCN(C(=N)N)C2)nc2ccccc21. The van der Waals surface area contributed by atoms with Crippen LogP contribution in [0.15, 0.2) is 29.1 Å². The van der Waals surface area contributed by atoms with Crippen LogP contribution in [0.2, 0.25) is 0 Å². The van der Waals surface area contributed by atoms with E-state index < -0.39 is 0 Å². The van der Waals surface area contributed by atoms with Crippen molar-refractivity contribution in [2.75, 3.05) is 19.6 Å². The molecule has 7 heteroatoms. The van der Waals surface area contributed by atoms with E-state index in [0.29, 0.717) is 30.9 Å². The quantitative estimate of drug-likeness (QED) is 0.392. The van der Waals surface area contributed by atoms with Gasteiger partial charge in [-0.3, -0.25) is 15.1 Å². The first kappa shape index (κ1) is 22.8. The van der Waals surface area contributed by atoms with Crippen molar-refractivity contribution in [1.82, 2.24) is 19.4 Å². The van der Waals surface area contributed by atoms with Crippen LogP contribution in [0.5, 0.6) is 0 Å². The number of para-hydroxylation sites is 2. The molecule has 2 aromatic rings.